The average molecular weight is 545 g/mol. The maximum absolute atomic E-state index is 13.1. The molecule has 1 N–H and O–H groups in total. The highest BCUT2D eigenvalue weighted by Gasteiger charge is 2.23. The average Bonchev–Trinajstić information content (AvgIpc) is 2.94. The first-order chi connectivity index (χ1) is 18.8. The van der Waals surface area contributed by atoms with Crippen molar-refractivity contribution >= 4 is 21.6 Å². The number of aryl methyl sites for hydroxylation is 1. The first-order valence-electron chi connectivity index (χ1n) is 12.6. The van der Waals surface area contributed by atoms with Crippen LogP contribution in [0.5, 0.6) is 11.5 Å². The van der Waals surface area contributed by atoms with Gasteiger partial charge < -0.3 is 14.8 Å². The van der Waals surface area contributed by atoms with Crippen LogP contribution >= 0.6 is 0 Å². The number of rotatable bonds is 11. The summed E-state index contributed by atoms with van der Waals surface area (Å²) in [4.78, 5) is 13.3. The minimum absolute atomic E-state index is 0.0418. The third-order valence-electron chi connectivity index (χ3n) is 6.11. The summed E-state index contributed by atoms with van der Waals surface area (Å²) >= 11 is 0. The Labute approximate surface area is 230 Å². The van der Waals surface area contributed by atoms with E-state index < -0.39 is 10.0 Å². The molecule has 0 saturated heterocycles. The molecule has 0 heterocycles. The van der Waals surface area contributed by atoms with Gasteiger partial charge in [-0.3, -0.25) is 4.79 Å². The maximum Gasteiger partial charge on any atom is 0.255 e. The van der Waals surface area contributed by atoms with Gasteiger partial charge in [0.1, 0.15) is 18.1 Å². The van der Waals surface area contributed by atoms with Crippen LogP contribution in [-0.4, -0.2) is 32.3 Å². The van der Waals surface area contributed by atoms with E-state index in [1.807, 2.05) is 44.2 Å². The lowest BCUT2D eigenvalue weighted by Crippen LogP contribution is -2.27. The van der Waals surface area contributed by atoms with Gasteiger partial charge in [0.05, 0.1) is 11.5 Å². The Bertz CT molecular complexity index is 1500. The summed E-state index contributed by atoms with van der Waals surface area (Å²) in [6.45, 7) is 4.66. The number of sulfonamides is 1. The van der Waals surface area contributed by atoms with Crippen molar-refractivity contribution in [2.45, 2.75) is 31.9 Å². The van der Waals surface area contributed by atoms with Gasteiger partial charge in [-0.1, -0.05) is 48.0 Å². The molecule has 4 rings (SSSR count). The predicted molar refractivity (Wildman–Crippen MR) is 153 cm³/mol. The van der Waals surface area contributed by atoms with Crippen LogP contribution in [0, 0.1) is 6.92 Å². The van der Waals surface area contributed by atoms with E-state index in [-0.39, 0.29) is 17.3 Å². The molecule has 0 fully saturated rings. The van der Waals surface area contributed by atoms with Crippen molar-refractivity contribution in [3.05, 3.63) is 119 Å². The Morgan fingerprint density at radius 3 is 2.23 bits per heavy atom. The Morgan fingerprint density at radius 1 is 0.872 bits per heavy atom. The molecule has 0 aliphatic rings. The van der Waals surface area contributed by atoms with E-state index in [1.54, 1.807) is 66.7 Å². The minimum Gasteiger partial charge on any atom is -0.494 e. The van der Waals surface area contributed by atoms with Gasteiger partial charge in [-0.25, -0.2) is 8.42 Å². The molecule has 0 saturated carbocycles. The molecule has 39 heavy (non-hydrogen) atoms. The Kier molecular flexibility index (Phi) is 9.01. The van der Waals surface area contributed by atoms with Crippen LogP contribution in [0.4, 0.5) is 5.69 Å². The monoisotopic (exact) mass is 544 g/mol. The van der Waals surface area contributed by atoms with E-state index in [9.17, 15) is 13.2 Å². The number of ether oxygens (including phenoxy) is 2. The van der Waals surface area contributed by atoms with Crippen molar-refractivity contribution < 1.29 is 22.7 Å². The van der Waals surface area contributed by atoms with Crippen LogP contribution in [0.2, 0.25) is 0 Å². The van der Waals surface area contributed by atoms with Gasteiger partial charge >= 0.3 is 0 Å². The van der Waals surface area contributed by atoms with Crippen molar-refractivity contribution in [3.63, 3.8) is 0 Å². The van der Waals surface area contributed by atoms with E-state index in [4.69, 9.17) is 9.47 Å². The first kappa shape index (κ1) is 27.9. The highest BCUT2D eigenvalue weighted by molar-refractivity contribution is 7.89. The summed E-state index contributed by atoms with van der Waals surface area (Å²) in [7, 11) is -2.22. The number of anilines is 1. The van der Waals surface area contributed by atoms with Crippen LogP contribution in [0.15, 0.2) is 102 Å². The van der Waals surface area contributed by atoms with Crippen LogP contribution in [0.25, 0.3) is 0 Å². The highest BCUT2D eigenvalue weighted by Crippen LogP contribution is 2.26. The van der Waals surface area contributed by atoms with Crippen molar-refractivity contribution in [2.75, 3.05) is 19.0 Å². The Hall–Kier alpha value is -4.14. The number of hydrogen-bond donors (Lipinski definition) is 1. The summed E-state index contributed by atoms with van der Waals surface area (Å²) in [5.41, 5.74) is 3.63. The molecule has 0 atom stereocenters. The molecule has 202 valence electrons. The van der Waals surface area contributed by atoms with Crippen molar-refractivity contribution in [2.24, 2.45) is 0 Å². The maximum atomic E-state index is 13.1. The molecule has 0 unspecified atom stereocenters. The van der Waals surface area contributed by atoms with Gasteiger partial charge in [-0.05, 0) is 74.0 Å². The van der Waals surface area contributed by atoms with Crippen LogP contribution < -0.4 is 14.8 Å². The summed E-state index contributed by atoms with van der Waals surface area (Å²) in [5.74, 6) is 0.902. The predicted octanol–water partition coefficient (Wildman–Crippen LogP) is 6.05. The summed E-state index contributed by atoms with van der Waals surface area (Å²) in [6, 6.07) is 28.7. The van der Waals surface area contributed by atoms with E-state index in [0.29, 0.717) is 41.5 Å². The van der Waals surface area contributed by atoms with E-state index >= 15 is 0 Å². The van der Waals surface area contributed by atoms with E-state index in [1.165, 1.54) is 11.4 Å². The number of nitrogens with zero attached hydrogens (tertiary/aromatic N) is 1. The first-order valence-corrected chi connectivity index (χ1v) is 14.1. The molecular formula is C31H32N2O5S. The standard InChI is InChI=1S/C31H32N2O5S/c1-4-37-30-19-12-25(20-26(30)21-33(3)39(35,36)29-17-10-23(2)11-18-29)31(34)32-27-13-15-28(16-14-27)38-22-24-8-6-5-7-9-24/h5-20H,4,21-22H2,1-3H3,(H,32,34). The van der Waals surface area contributed by atoms with Crippen molar-refractivity contribution in [1.29, 1.82) is 0 Å². The molecule has 0 aromatic heterocycles. The normalized spacial score (nSPS) is 11.3. The zero-order valence-electron chi connectivity index (χ0n) is 22.3. The molecule has 0 bridgehead atoms. The second-order valence-electron chi connectivity index (χ2n) is 9.08. The summed E-state index contributed by atoms with van der Waals surface area (Å²) in [5, 5.41) is 2.89. The van der Waals surface area contributed by atoms with Gasteiger partial charge in [-0.15, -0.1) is 0 Å². The number of amides is 1. The summed E-state index contributed by atoms with van der Waals surface area (Å²) < 4.78 is 39.0. The Balaban J connectivity index is 1.46. The van der Waals surface area contributed by atoms with Crippen molar-refractivity contribution in [3.8, 4) is 11.5 Å². The quantitative estimate of drug-likeness (QED) is 0.249. The van der Waals surface area contributed by atoms with Gasteiger partial charge in [0.2, 0.25) is 10.0 Å². The molecule has 7 nitrogen and oxygen atoms in total. The summed E-state index contributed by atoms with van der Waals surface area (Å²) in [6.07, 6.45) is 0. The second kappa shape index (κ2) is 12.6. The topological polar surface area (TPSA) is 84.9 Å². The smallest absolute Gasteiger partial charge is 0.255 e. The third kappa shape index (κ3) is 7.25. The fourth-order valence-corrected chi connectivity index (χ4v) is 5.08. The lowest BCUT2D eigenvalue weighted by Gasteiger charge is -2.20. The molecule has 0 aliphatic carbocycles. The fourth-order valence-electron chi connectivity index (χ4n) is 3.93. The van der Waals surface area contributed by atoms with E-state index in [2.05, 4.69) is 5.32 Å². The van der Waals surface area contributed by atoms with Gasteiger partial charge in [0.25, 0.3) is 5.91 Å². The molecule has 0 spiro atoms. The largest absolute Gasteiger partial charge is 0.494 e. The van der Waals surface area contributed by atoms with E-state index in [0.717, 1.165) is 11.1 Å². The van der Waals surface area contributed by atoms with Gasteiger partial charge in [-0.2, -0.15) is 4.31 Å². The number of nitrogens with one attached hydrogen (secondary N) is 1. The molecule has 4 aromatic carbocycles. The number of hydrogen-bond acceptors (Lipinski definition) is 5. The lowest BCUT2D eigenvalue weighted by atomic mass is 10.1. The van der Waals surface area contributed by atoms with Crippen molar-refractivity contribution in [1.82, 2.24) is 4.31 Å². The number of benzene rings is 4. The molecule has 1 amide bonds. The fraction of sp³-hybridized carbons (Fsp3) is 0.194. The molecule has 0 aliphatic heterocycles. The third-order valence-corrected chi connectivity index (χ3v) is 7.92. The zero-order chi connectivity index (χ0) is 27.8. The minimum atomic E-state index is -3.73. The molecule has 4 aromatic rings. The zero-order valence-corrected chi connectivity index (χ0v) is 23.1. The second-order valence-corrected chi connectivity index (χ2v) is 11.1. The SMILES string of the molecule is CCOc1ccc(C(=O)Nc2ccc(OCc3ccccc3)cc2)cc1CN(C)S(=O)(=O)c1ccc(C)cc1. The lowest BCUT2D eigenvalue weighted by molar-refractivity contribution is 0.102. The van der Waals surface area contributed by atoms with Gasteiger partial charge in [0.15, 0.2) is 0 Å². The van der Waals surface area contributed by atoms with Crippen LogP contribution in [0.1, 0.15) is 34.0 Å². The Morgan fingerprint density at radius 2 is 1.56 bits per heavy atom. The van der Waals surface area contributed by atoms with Gasteiger partial charge in [0, 0.05) is 30.4 Å². The highest BCUT2D eigenvalue weighted by atomic mass is 32.2. The number of carbonyl (C=O) groups excluding carboxylic acids is 1. The van der Waals surface area contributed by atoms with Crippen LogP contribution in [-0.2, 0) is 23.2 Å². The molecular weight excluding hydrogens is 512 g/mol. The molecule has 8 heteroatoms. The number of carbonyl (C=O) groups is 1. The molecule has 0 radical (unpaired) electrons. The van der Waals surface area contributed by atoms with Crippen LogP contribution in [0.3, 0.4) is 0 Å².